The van der Waals surface area contributed by atoms with E-state index in [9.17, 15) is 4.79 Å². The molecule has 2 heterocycles. The first-order valence-corrected chi connectivity index (χ1v) is 9.93. The molecule has 5 rings (SSSR count). The summed E-state index contributed by atoms with van der Waals surface area (Å²) >= 11 is 0. The van der Waals surface area contributed by atoms with Crippen LogP contribution in [0.25, 0.3) is 11.1 Å². The molecule has 140 valence electrons. The van der Waals surface area contributed by atoms with Crippen LogP contribution in [0.1, 0.15) is 36.8 Å². The predicted molar refractivity (Wildman–Crippen MR) is 104 cm³/mol. The molecule has 0 spiro atoms. The fraction of sp³-hybridized carbons (Fsp3) is 0.435. The summed E-state index contributed by atoms with van der Waals surface area (Å²) in [5, 5.41) is 0. The van der Waals surface area contributed by atoms with Crippen molar-refractivity contribution in [1.29, 1.82) is 0 Å². The highest BCUT2D eigenvalue weighted by Crippen LogP contribution is 2.44. The molecule has 2 bridgehead atoms. The third-order valence-corrected chi connectivity index (χ3v) is 6.30. The van der Waals surface area contributed by atoms with Crippen molar-refractivity contribution in [3.8, 4) is 11.1 Å². The minimum Gasteiger partial charge on any atom is -0.448 e. The summed E-state index contributed by atoms with van der Waals surface area (Å²) in [4.78, 5) is 14.9. The number of hydrogen-bond acceptors (Lipinski definition) is 3. The van der Waals surface area contributed by atoms with Gasteiger partial charge in [-0.25, -0.2) is 4.79 Å². The number of carbonyl (C=O) groups excluding carboxylic acids is 1. The zero-order valence-corrected chi connectivity index (χ0v) is 15.6. The summed E-state index contributed by atoms with van der Waals surface area (Å²) in [5.41, 5.74) is 5.02. The van der Waals surface area contributed by atoms with Gasteiger partial charge in [-0.05, 0) is 41.0 Å². The van der Waals surface area contributed by atoms with Gasteiger partial charge in [0.05, 0.1) is 25.3 Å². The molecule has 2 aromatic rings. The van der Waals surface area contributed by atoms with Crippen molar-refractivity contribution >= 4 is 6.09 Å². The standard InChI is InChI=1S/C23H25NO3/c1-15-10-16-12-26-13-17(11-15)24(16)23(25)27-14-22-20-8-4-2-6-18(20)19-7-3-5-9-21(19)22/h2-9,15-17,22H,10-14H2,1H3. The van der Waals surface area contributed by atoms with E-state index in [2.05, 4.69) is 55.5 Å². The SMILES string of the molecule is CC1CC2COCC(C1)N2C(=O)OCC1c2ccccc2-c2ccccc21. The Bertz CT molecular complexity index is 805. The molecule has 4 nitrogen and oxygen atoms in total. The van der Waals surface area contributed by atoms with Crippen LogP contribution in [0.5, 0.6) is 0 Å². The summed E-state index contributed by atoms with van der Waals surface area (Å²) < 4.78 is 11.6. The van der Waals surface area contributed by atoms with E-state index in [4.69, 9.17) is 9.47 Å². The van der Waals surface area contributed by atoms with E-state index >= 15 is 0 Å². The number of amides is 1. The van der Waals surface area contributed by atoms with Crippen molar-refractivity contribution in [3.05, 3.63) is 59.7 Å². The quantitative estimate of drug-likeness (QED) is 0.792. The van der Waals surface area contributed by atoms with E-state index in [1.807, 2.05) is 4.90 Å². The first-order valence-electron chi connectivity index (χ1n) is 9.93. The van der Waals surface area contributed by atoms with Crippen molar-refractivity contribution in [3.63, 3.8) is 0 Å². The molecule has 3 aliphatic rings. The molecular formula is C23H25NO3. The van der Waals surface area contributed by atoms with E-state index in [0.717, 1.165) is 12.8 Å². The highest BCUT2D eigenvalue weighted by molar-refractivity contribution is 5.79. The first-order chi connectivity index (χ1) is 13.2. The highest BCUT2D eigenvalue weighted by atomic mass is 16.6. The third kappa shape index (κ3) is 2.83. The van der Waals surface area contributed by atoms with Gasteiger partial charge in [0.15, 0.2) is 0 Å². The fourth-order valence-electron chi connectivity index (χ4n) is 5.15. The number of carbonyl (C=O) groups is 1. The Hall–Kier alpha value is -2.33. The number of fused-ring (bicyclic) bond motifs is 5. The zero-order valence-electron chi connectivity index (χ0n) is 15.6. The normalized spacial score (nSPS) is 26.4. The zero-order chi connectivity index (χ0) is 18.4. The van der Waals surface area contributed by atoms with Crippen LogP contribution in [0.4, 0.5) is 4.79 Å². The molecule has 2 saturated heterocycles. The van der Waals surface area contributed by atoms with Crippen LogP contribution in [0, 0.1) is 5.92 Å². The van der Waals surface area contributed by atoms with E-state index in [0.29, 0.717) is 25.7 Å². The van der Waals surface area contributed by atoms with Gasteiger partial charge in [0.25, 0.3) is 0 Å². The molecule has 2 aromatic carbocycles. The molecule has 2 unspecified atom stereocenters. The van der Waals surface area contributed by atoms with Gasteiger partial charge in [0.1, 0.15) is 6.61 Å². The average Bonchev–Trinajstić information content (AvgIpc) is 2.99. The molecule has 2 aliphatic heterocycles. The molecule has 0 saturated carbocycles. The maximum atomic E-state index is 12.9. The van der Waals surface area contributed by atoms with Crippen LogP contribution in [0.15, 0.2) is 48.5 Å². The molecule has 2 fully saturated rings. The van der Waals surface area contributed by atoms with E-state index in [1.165, 1.54) is 22.3 Å². The van der Waals surface area contributed by atoms with Gasteiger partial charge < -0.3 is 9.47 Å². The van der Waals surface area contributed by atoms with Gasteiger partial charge in [-0.3, -0.25) is 4.90 Å². The number of nitrogens with zero attached hydrogens (tertiary/aromatic N) is 1. The van der Waals surface area contributed by atoms with E-state index in [1.54, 1.807) is 0 Å². The number of benzene rings is 2. The van der Waals surface area contributed by atoms with Crippen LogP contribution >= 0.6 is 0 Å². The Morgan fingerprint density at radius 2 is 1.56 bits per heavy atom. The van der Waals surface area contributed by atoms with Crippen molar-refractivity contribution in [2.45, 2.75) is 37.8 Å². The molecule has 1 aliphatic carbocycles. The Labute approximate surface area is 160 Å². The largest absolute Gasteiger partial charge is 0.448 e. The number of ether oxygens (including phenoxy) is 2. The van der Waals surface area contributed by atoms with Gasteiger partial charge in [0, 0.05) is 5.92 Å². The lowest BCUT2D eigenvalue weighted by atomic mass is 9.87. The van der Waals surface area contributed by atoms with Crippen molar-refractivity contribution in [2.75, 3.05) is 19.8 Å². The number of rotatable bonds is 2. The topological polar surface area (TPSA) is 38.8 Å². The summed E-state index contributed by atoms with van der Waals surface area (Å²) in [7, 11) is 0. The lowest BCUT2D eigenvalue weighted by Gasteiger charge is -2.47. The predicted octanol–water partition coefficient (Wildman–Crippen LogP) is 4.43. The number of morpholine rings is 1. The monoisotopic (exact) mass is 363 g/mol. The second-order valence-electron chi connectivity index (χ2n) is 8.13. The van der Waals surface area contributed by atoms with Crippen molar-refractivity contribution in [1.82, 2.24) is 4.90 Å². The van der Waals surface area contributed by atoms with Crippen LogP contribution in [-0.4, -0.2) is 42.9 Å². The smallest absolute Gasteiger partial charge is 0.410 e. The maximum Gasteiger partial charge on any atom is 0.410 e. The average molecular weight is 363 g/mol. The molecule has 0 radical (unpaired) electrons. The van der Waals surface area contributed by atoms with E-state index in [-0.39, 0.29) is 24.1 Å². The first kappa shape index (κ1) is 16.8. The third-order valence-electron chi connectivity index (χ3n) is 6.30. The van der Waals surface area contributed by atoms with E-state index < -0.39 is 0 Å². The summed E-state index contributed by atoms with van der Waals surface area (Å²) in [6.07, 6.45) is 1.82. The minimum atomic E-state index is -0.179. The number of piperidine rings is 1. The second kappa shape index (κ2) is 6.68. The molecule has 0 aromatic heterocycles. The van der Waals surface area contributed by atoms with Crippen LogP contribution in [0.2, 0.25) is 0 Å². The second-order valence-corrected chi connectivity index (χ2v) is 8.13. The minimum absolute atomic E-state index is 0.112. The molecule has 1 amide bonds. The lowest BCUT2D eigenvalue weighted by molar-refractivity contribution is -0.0766. The Balaban J connectivity index is 1.35. The Morgan fingerprint density at radius 1 is 1.00 bits per heavy atom. The van der Waals surface area contributed by atoms with Gasteiger partial charge in [-0.1, -0.05) is 55.5 Å². The van der Waals surface area contributed by atoms with Gasteiger partial charge in [-0.15, -0.1) is 0 Å². The number of hydrogen-bond donors (Lipinski definition) is 0. The Kier molecular flexibility index (Phi) is 4.16. The molecule has 27 heavy (non-hydrogen) atoms. The van der Waals surface area contributed by atoms with Crippen LogP contribution in [0.3, 0.4) is 0 Å². The van der Waals surface area contributed by atoms with Crippen LogP contribution < -0.4 is 0 Å². The van der Waals surface area contributed by atoms with Crippen molar-refractivity contribution < 1.29 is 14.3 Å². The highest BCUT2D eigenvalue weighted by Gasteiger charge is 2.41. The summed E-state index contributed by atoms with van der Waals surface area (Å²) in [6.45, 7) is 3.91. The summed E-state index contributed by atoms with van der Waals surface area (Å²) in [6, 6.07) is 17.2. The van der Waals surface area contributed by atoms with Crippen LogP contribution in [-0.2, 0) is 9.47 Å². The van der Waals surface area contributed by atoms with Gasteiger partial charge in [0.2, 0.25) is 0 Å². The molecule has 2 atom stereocenters. The van der Waals surface area contributed by atoms with Gasteiger partial charge in [-0.2, -0.15) is 0 Å². The van der Waals surface area contributed by atoms with Crippen molar-refractivity contribution in [2.24, 2.45) is 5.92 Å². The fourth-order valence-corrected chi connectivity index (χ4v) is 5.15. The summed E-state index contributed by atoms with van der Waals surface area (Å²) in [5.74, 6) is 0.752. The Morgan fingerprint density at radius 3 is 2.15 bits per heavy atom. The maximum absolute atomic E-state index is 12.9. The van der Waals surface area contributed by atoms with Gasteiger partial charge >= 0.3 is 6.09 Å². The molecular weight excluding hydrogens is 338 g/mol. The molecule has 0 N–H and O–H groups in total. The molecule has 4 heteroatoms. The lowest BCUT2D eigenvalue weighted by Crippen LogP contribution is -2.59.